The molecule has 4 heteroatoms. The van der Waals surface area contributed by atoms with Crippen molar-refractivity contribution in [3.8, 4) is 5.75 Å². The van der Waals surface area contributed by atoms with Gasteiger partial charge in [0.1, 0.15) is 5.75 Å². The molecule has 0 radical (unpaired) electrons. The number of rotatable bonds is 3. The highest BCUT2D eigenvalue weighted by molar-refractivity contribution is 5.88. The van der Waals surface area contributed by atoms with Gasteiger partial charge in [0, 0.05) is 11.5 Å². The molecule has 0 aromatic heterocycles. The van der Waals surface area contributed by atoms with E-state index in [0.717, 1.165) is 11.3 Å². The van der Waals surface area contributed by atoms with E-state index in [1.165, 1.54) is 16.3 Å². The van der Waals surface area contributed by atoms with Crippen molar-refractivity contribution in [1.29, 1.82) is 0 Å². The summed E-state index contributed by atoms with van der Waals surface area (Å²) in [5.41, 5.74) is 2.23. The molecule has 3 aromatic rings. The number of fused-ring (bicyclic) bond motifs is 5. The zero-order valence-electron chi connectivity index (χ0n) is 14.4. The fourth-order valence-electron chi connectivity index (χ4n) is 4.26. The molecule has 0 aliphatic carbocycles. The summed E-state index contributed by atoms with van der Waals surface area (Å²) in [6.45, 7) is 1.25. The van der Waals surface area contributed by atoms with Gasteiger partial charge in [-0.25, -0.2) is 0 Å². The molecule has 1 saturated heterocycles. The summed E-state index contributed by atoms with van der Waals surface area (Å²) in [5.74, 6) is 1.18. The first kappa shape index (κ1) is 15.8. The zero-order valence-corrected chi connectivity index (χ0v) is 14.4. The van der Waals surface area contributed by atoms with Crippen LogP contribution in [0.5, 0.6) is 5.75 Å². The highest BCUT2D eigenvalue weighted by Gasteiger charge is 2.45. The van der Waals surface area contributed by atoms with Crippen LogP contribution in [0.4, 0.5) is 0 Å². The minimum atomic E-state index is -0.198. The van der Waals surface area contributed by atoms with Crippen LogP contribution in [0.1, 0.15) is 23.2 Å². The van der Waals surface area contributed by atoms with Crippen LogP contribution < -0.4 is 4.74 Å². The molecule has 132 valence electrons. The third kappa shape index (κ3) is 2.42. The lowest BCUT2D eigenvalue weighted by Gasteiger charge is -2.36. The van der Waals surface area contributed by atoms with Gasteiger partial charge in [-0.3, -0.25) is 4.84 Å². The van der Waals surface area contributed by atoms with Crippen molar-refractivity contribution in [1.82, 2.24) is 5.06 Å². The van der Waals surface area contributed by atoms with Gasteiger partial charge in [-0.05, 0) is 22.4 Å². The Hall–Kier alpha value is -2.40. The molecule has 5 rings (SSSR count). The lowest BCUT2D eigenvalue weighted by molar-refractivity contribution is -0.175. The van der Waals surface area contributed by atoms with Gasteiger partial charge in [0.15, 0.2) is 0 Å². The zero-order chi connectivity index (χ0) is 17.5. The third-order valence-corrected chi connectivity index (χ3v) is 5.50. The monoisotopic (exact) mass is 347 g/mol. The van der Waals surface area contributed by atoms with Crippen LogP contribution in [0.3, 0.4) is 0 Å². The number of hydroxylamine groups is 2. The molecular weight excluding hydrogens is 326 g/mol. The summed E-state index contributed by atoms with van der Waals surface area (Å²) in [6.07, 6.45) is 0. The highest BCUT2D eigenvalue weighted by atomic mass is 16.7. The molecule has 0 saturated carbocycles. The molecule has 26 heavy (non-hydrogen) atoms. The van der Waals surface area contributed by atoms with Gasteiger partial charge < -0.3 is 9.84 Å². The number of aliphatic hydroxyl groups is 1. The highest BCUT2D eigenvalue weighted by Crippen LogP contribution is 2.49. The molecular formula is C22H21NO3. The van der Waals surface area contributed by atoms with Gasteiger partial charge in [0.05, 0.1) is 31.9 Å². The Morgan fingerprint density at radius 2 is 1.77 bits per heavy atom. The fourth-order valence-corrected chi connectivity index (χ4v) is 4.26. The smallest absolute Gasteiger partial charge is 0.124 e. The largest absolute Gasteiger partial charge is 0.493 e. The summed E-state index contributed by atoms with van der Waals surface area (Å²) < 4.78 is 6.04. The standard InChI is InChI=1S/C22H21NO3/c24-12-19(16-7-2-1-3-8-16)23-22-17(14-26-23)13-25-20-11-10-15-6-4-5-9-18(15)21(20)22/h1-11,17,19,22,24H,12-14H2/t17-,19+,22+/m1/s1. The Kier molecular flexibility index (Phi) is 3.89. The second kappa shape index (κ2) is 6.40. The van der Waals surface area contributed by atoms with E-state index in [0.29, 0.717) is 13.2 Å². The van der Waals surface area contributed by atoms with E-state index in [2.05, 4.69) is 36.4 Å². The molecule has 4 nitrogen and oxygen atoms in total. The van der Waals surface area contributed by atoms with Crippen LogP contribution in [0.15, 0.2) is 66.7 Å². The third-order valence-electron chi connectivity index (χ3n) is 5.50. The molecule has 2 aliphatic heterocycles. The molecule has 0 amide bonds. The Labute approximate surface area is 152 Å². The van der Waals surface area contributed by atoms with E-state index in [9.17, 15) is 5.11 Å². The maximum atomic E-state index is 10.1. The molecule has 0 unspecified atom stereocenters. The van der Waals surface area contributed by atoms with E-state index in [1.54, 1.807) is 0 Å². The van der Waals surface area contributed by atoms with Crippen LogP contribution in [0, 0.1) is 5.92 Å². The second-order valence-electron chi connectivity index (χ2n) is 6.98. The SMILES string of the molecule is OC[C@@H](c1ccccc1)N1OC[C@H]2COc3ccc4ccccc4c3[C@H]21. The number of benzene rings is 3. The predicted molar refractivity (Wildman–Crippen MR) is 99.7 cm³/mol. The Bertz CT molecular complexity index is 927. The van der Waals surface area contributed by atoms with Gasteiger partial charge >= 0.3 is 0 Å². The van der Waals surface area contributed by atoms with Crippen molar-refractivity contribution in [2.45, 2.75) is 12.1 Å². The quantitative estimate of drug-likeness (QED) is 0.781. The van der Waals surface area contributed by atoms with Crippen LogP contribution >= 0.6 is 0 Å². The molecule has 2 aliphatic rings. The van der Waals surface area contributed by atoms with Crippen molar-refractivity contribution in [2.24, 2.45) is 5.92 Å². The van der Waals surface area contributed by atoms with E-state index < -0.39 is 0 Å². The predicted octanol–water partition coefficient (Wildman–Crippen LogP) is 3.87. The number of ether oxygens (including phenoxy) is 1. The summed E-state index contributed by atoms with van der Waals surface area (Å²) in [6, 6.07) is 22.5. The Morgan fingerprint density at radius 3 is 2.62 bits per heavy atom. The molecule has 0 bridgehead atoms. The average Bonchev–Trinajstić information content (AvgIpc) is 3.13. The van der Waals surface area contributed by atoms with Crippen molar-refractivity contribution in [2.75, 3.05) is 19.8 Å². The first-order valence-corrected chi connectivity index (χ1v) is 9.08. The van der Waals surface area contributed by atoms with Gasteiger partial charge in [-0.2, -0.15) is 5.06 Å². The lowest BCUT2D eigenvalue weighted by atomic mass is 9.87. The maximum absolute atomic E-state index is 10.1. The van der Waals surface area contributed by atoms with Gasteiger partial charge in [0.25, 0.3) is 0 Å². The number of hydrogen-bond acceptors (Lipinski definition) is 4. The van der Waals surface area contributed by atoms with E-state index >= 15 is 0 Å². The summed E-state index contributed by atoms with van der Waals surface area (Å²) in [7, 11) is 0. The minimum absolute atomic E-state index is 0.00812. The fraction of sp³-hybridized carbons (Fsp3) is 0.273. The molecule has 1 fully saturated rings. The van der Waals surface area contributed by atoms with Gasteiger partial charge in [-0.15, -0.1) is 0 Å². The summed E-state index contributed by atoms with van der Waals surface area (Å²) in [4.78, 5) is 6.11. The van der Waals surface area contributed by atoms with Crippen LogP contribution in [-0.2, 0) is 4.84 Å². The van der Waals surface area contributed by atoms with Crippen LogP contribution in [0.25, 0.3) is 10.8 Å². The lowest BCUT2D eigenvalue weighted by Crippen LogP contribution is -2.35. The Morgan fingerprint density at radius 1 is 0.962 bits per heavy atom. The minimum Gasteiger partial charge on any atom is -0.493 e. The normalized spacial score (nSPS) is 23.3. The molecule has 1 N–H and O–H groups in total. The number of nitrogens with zero attached hydrogens (tertiary/aromatic N) is 1. The second-order valence-corrected chi connectivity index (χ2v) is 6.98. The van der Waals surface area contributed by atoms with Crippen LogP contribution in [-0.4, -0.2) is 30.0 Å². The van der Waals surface area contributed by atoms with Crippen molar-refractivity contribution in [3.63, 3.8) is 0 Å². The first-order chi connectivity index (χ1) is 12.9. The topological polar surface area (TPSA) is 41.9 Å². The number of hydrogen-bond donors (Lipinski definition) is 1. The van der Waals surface area contributed by atoms with Gasteiger partial charge in [0.2, 0.25) is 0 Å². The summed E-state index contributed by atoms with van der Waals surface area (Å²) in [5, 5.41) is 14.5. The molecule has 3 atom stereocenters. The van der Waals surface area contributed by atoms with Crippen molar-refractivity contribution >= 4 is 10.8 Å². The van der Waals surface area contributed by atoms with Gasteiger partial charge in [-0.1, -0.05) is 60.7 Å². The average molecular weight is 347 g/mol. The van der Waals surface area contributed by atoms with E-state index in [-0.39, 0.29) is 24.6 Å². The molecule has 3 aromatic carbocycles. The maximum Gasteiger partial charge on any atom is 0.124 e. The van der Waals surface area contributed by atoms with E-state index in [4.69, 9.17) is 9.57 Å². The molecule has 0 spiro atoms. The Balaban J connectivity index is 1.64. The van der Waals surface area contributed by atoms with Crippen molar-refractivity contribution in [3.05, 3.63) is 77.9 Å². The summed E-state index contributed by atoms with van der Waals surface area (Å²) >= 11 is 0. The first-order valence-electron chi connectivity index (χ1n) is 9.08. The van der Waals surface area contributed by atoms with Crippen molar-refractivity contribution < 1.29 is 14.7 Å². The van der Waals surface area contributed by atoms with E-state index in [1.807, 2.05) is 35.4 Å². The van der Waals surface area contributed by atoms with Crippen LogP contribution in [0.2, 0.25) is 0 Å². The molecule has 2 heterocycles. The number of aliphatic hydroxyl groups excluding tert-OH is 1.